The highest BCUT2D eigenvalue weighted by Crippen LogP contribution is 2.31. The van der Waals surface area contributed by atoms with Crippen molar-refractivity contribution in [2.45, 2.75) is 26.4 Å². The monoisotopic (exact) mass is 461 g/mol. The fourth-order valence-corrected chi connectivity index (χ4v) is 4.69. The summed E-state index contributed by atoms with van der Waals surface area (Å²) in [5.41, 5.74) is 4.83. The van der Waals surface area contributed by atoms with Gasteiger partial charge in [-0.3, -0.25) is 14.4 Å². The minimum atomic E-state index is -0.746. The van der Waals surface area contributed by atoms with Crippen molar-refractivity contribution in [2.75, 3.05) is 0 Å². The number of aromatic nitrogens is 3. The van der Waals surface area contributed by atoms with Crippen LogP contribution in [0.3, 0.4) is 0 Å². The zero-order valence-electron chi connectivity index (χ0n) is 19.4. The van der Waals surface area contributed by atoms with Gasteiger partial charge < -0.3 is 9.73 Å². The lowest BCUT2D eigenvalue weighted by atomic mass is 10.0. The van der Waals surface area contributed by atoms with Crippen LogP contribution in [0.4, 0.5) is 0 Å². The first kappa shape index (κ1) is 21.0. The molecule has 0 radical (unpaired) electrons. The lowest BCUT2D eigenvalue weighted by Crippen LogP contribution is -2.30. The summed E-state index contributed by atoms with van der Waals surface area (Å²) in [7, 11) is 0. The van der Waals surface area contributed by atoms with E-state index in [2.05, 4.69) is 15.5 Å². The smallest absolute Gasteiger partial charge is 0.257 e. The van der Waals surface area contributed by atoms with Gasteiger partial charge in [-0.1, -0.05) is 73.7 Å². The third kappa shape index (κ3) is 3.44. The number of hydrogen-bond donors (Lipinski definition) is 1. The van der Waals surface area contributed by atoms with Gasteiger partial charge >= 0.3 is 0 Å². The van der Waals surface area contributed by atoms with Crippen molar-refractivity contribution in [1.82, 2.24) is 20.1 Å². The number of carbonyl (C=O) groups is 1. The molecular formula is C28H23N5O2. The molecule has 35 heavy (non-hydrogen) atoms. The third-order valence-electron chi connectivity index (χ3n) is 6.28. The molecule has 0 saturated carbocycles. The number of furan rings is 1. The number of rotatable bonds is 4. The largest absolute Gasteiger partial charge is 0.460 e. The fraction of sp³-hybridized carbons (Fsp3) is 0.143. The first-order valence-electron chi connectivity index (χ1n) is 11.6. The number of amides is 1. The maximum atomic E-state index is 13.7. The highest BCUT2D eigenvalue weighted by Gasteiger charge is 2.30. The van der Waals surface area contributed by atoms with Gasteiger partial charge in [0.25, 0.3) is 5.91 Å². The van der Waals surface area contributed by atoms with Gasteiger partial charge in [0, 0.05) is 22.9 Å². The van der Waals surface area contributed by atoms with E-state index in [1.54, 1.807) is 0 Å². The van der Waals surface area contributed by atoms with Gasteiger partial charge in [0.1, 0.15) is 17.2 Å². The Balaban J connectivity index is 1.52. The third-order valence-corrected chi connectivity index (χ3v) is 6.28. The van der Waals surface area contributed by atoms with E-state index in [1.165, 1.54) is 0 Å². The van der Waals surface area contributed by atoms with E-state index >= 15 is 0 Å². The van der Waals surface area contributed by atoms with Crippen molar-refractivity contribution in [3.8, 4) is 5.69 Å². The molecule has 1 aliphatic rings. The SMILES string of the molecule is CCc1oc2ccccc2c1C(=O)NC1N=C(c2ccccc2)c2ccccc2-n2c(C)nnc21. The predicted molar refractivity (Wildman–Crippen MR) is 134 cm³/mol. The number of fused-ring (bicyclic) bond motifs is 4. The van der Waals surface area contributed by atoms with Crippen molar-refractivity contribution in [2.24, 2.45) is 4.99 Å². The van der Waals surface area contributed by atoms with Crippen molar-refractivity contribution in [1.29, 1.82) is 0 Å². The van der Waals surface area contributed by atoms with Crippen molar-refractivity contribution in [3.63, 3.8) is 0 Å². The van der Waals surface area contributed by atoms with Gasteiger partial charge in [0.2, 0.25) is 0 Å². The number of aliphatic imine (C=N–C) groups is 1. The van der Waals surface area contributed by atoms with Crippen LogP contribution in [0.25, 0.3) is 16.7 Å². The highest BCUT2D eigenvalue weighted by atomic mass is 16.3. The van der Waals surface area contributed by atoms with Crippen LogP contribution in [0.5, 0.6) is 0 Å². The summed E-state index contributed by atoms with van der Waals surface area (Å²) >= 11 is 0. The van der Waals surface area contributed by atoms with Crippen LogP contribution in [0, 0.1) is 6.92 Å². The molecule has 1 N–H and O–H groups in total. The number of benzene rings is 3. The Morgan fingerprint density at radius 1 is 0.971 bits per heavy atom. The van der Waals surface area contributed by atoms with Gasteiger partial charge in [-0.15, -0.1) is 10.2 Å². The van der Waals surface area contributed by atoms with Crippen LogP contribution in [0.2, 0.25) is 0 Å². The zero-order chi connectivity index (χ0) is 23.9. The molecule has 7 heteroatoms. The standard InChI is InChI=1S/C28H23N5O2/c1-3-22-24(20-14-8-10-16-23(20)35-22)28(34)30-26-27-32-31-17(2)33(27)21-15-9-7-13-19(21)25(29-26)18-11-5-4-6-12-18/h4-16,26H,3H2,1-2H3,(H,30,34). The summed E-state index contributed by atoms with van der Waals surface area (Å²) in [6.45, 7) is 3.88. The van der Waals surface area contributed by atoms with Gasteiger partial charge in [0.05, 0.1) is 17.0 Å². The lowest BCUT2D eigenvalue weighted by Gasteiger charge is -2.14. The van der Waals surface area contributed by atoms with Crippen molar-refractivity contribution >= 4 is 22.6 Å². The number of nitrogens with one attached hydrogen (secondary N) is 1. The first-order chi connectivity index (χ1) is 17.2. The molecule has 7 nitrogen and oxygen atoms in total. The first-order valence-corrected chi connectivity index (χ1v) is 11.6. The summed E-state index contributed by atoms with van der Waals surface area (Å²) < 4.78 is 7.93. The molecule has 5 aromatic rings. The van der Waals surface area contributed by atoms with E-state index in [0.29, 0.717) is 29.2 Å². The molecule has 172 valence electrons. The molecule has 2 aromatic heterocycles. The zero-order valence-corrected chi connectivity index (χ0v) is 19.4. The lowest BCUT2D eigenvalue weighted by molar-refractivity contribution is 0.0935. The molecule has 1 aliphatic heterocycles. The second-order valence-electron chi connectivity index (χ2n) is 8.43. The van der Waals surface area contributed by atoms with Gasteiger partial charge in [-0.25, -0.2) is 0 Å². The van der Waals surface area contributed by atoms with Crippen molar-refractivity contribution < 1.29 is 9.21 Å². The van der Waals surface area contributed by atoms with E-state index in [-0.39, 0.29) is 5.91 Å². The molecule has 6 rings (SSSR count). The molecule has 0 aliphatic carbocycles. The van der Waals surface area contributed by atoms with E-state index in [4.69, 9.17) is 9.41 Å². The Morgan fingerprint density at radius 3 is 2.54 bits per heavy atom. The quantitative estimate of drug-likeness (QED) is 0.400. The van der Waals surface area contributed by atoms with E-state index in [9.17, 15) is 4.79 Å². The van der Waals surface area contributed by atoms with Crippen LogP contribution in [-0.2, 0) is 6.42 Å². The van der Waals surface area contributed by atoms with Crippen LogP contribution in [-0.4, -0.2) is 26.4 Å². The number of hydrogen-bond acceptors (Lipinski definition) is 5. The van der Waals surface area contributed by atoms with Crippen molar-refractivity contribution in [3.05, 3.63) is 113 Å². The Kier molecular flexibility index (Phi) is 5.03. The number of para-hydroxylation sites is 2. The number of carbonyl (C=O) groups excluding carboxylic acids is 1. The number of aryl methyl sites for hydroxylation is 2. The Bertz CT molecular complexity index is 1600. The molecule has 1 atom stereocenters. The number of nitrogens with zero attached hydrogens (tertiary/aromatic N) is 4. The second kappa shape index (κ2) is 8.36. The minimum absolute atomic E-state index is 0.258. The van der Waals surface area contributed by atoms with E-state index in [0.717, 1.165) is 33.7 Å². The Morgan fingerprint density at radius 2 is 1.71 bits per heavy atom. The summed E-state index contributed by atoms with van der Waals surface area (Å²) in [6, 6.07) is 25.6. The summed E-state index contributed by atoms with van der Waals surface area (Å²) in [4.78, 5) is 18.8. The maximum Gasteiger partial charge on any atom is 0.257 e. The summed E-state index contributed by atoms with van der Waals surface area (Å²) in [5, 5.41) is 12.6. The Labute approximate surface area is 202 Å². The predicted octanol–water partition coefficient (Wildman–Crippen LogP) is 5.16. The molecule has 0 saturated heterocycles. The second-order valence-corrected chi connectivity index (χ2v) is 8.43. The van der Waals surface area contributed by atoms with E-state index < -0.39 is 6.17 Å². The van der Waals surface area contributed by atoms with Gasteiger partial charge in [-0.2, -0.15) is 0 Å². The molecule has 1 unspecified atom stereocenters. The topological polar surface area (TPSA) is 85.3 Å². The van der Waals surface area contributed by atoms with E-state index in [1.807, 2.05) is 97.3 Å². The normalized spacial score (nSPS) is 14.7. The molecule has 3 heterocycles. The molecule has 1 amide bonds. The molecule has 0 bridgehead atoms. The average Bonchev–Trinajstić information content (AvgIpc) is 3.43. The van der Waals surface area contributed by atoms with Crippen LogP contribution in [0.1, 0.15) is 52.0 Å². The maximum absolute atomic E-state index is 13.7. The van der Waals surface area contributed by atoms with Gasteiger partial charge in [0.15, 0.2) is 12.0 Å². The summed E-state index contributed by atoms with van der Waals surface area (Å²) in [5.74, 6) is 1.66. The molecule has 0 spiro atoms. The average molecular weight is 462 g/mol. The highest BCUT2D eigenvalue weighted by molar-refractivity contribution is 6.15. The van der Waals surface area contributed by atoms with Crippen LogP contribution >= 0.6 is 0 Å². The molecular weight excluding hydrogens is 438 g/mol. The summed E-state index contributed by atoms with van der Waals surface area (Å²) in [6.07, 6.45) is -0.147. The Hall–Kier alpha value is -4.52. The molecule has 3 aromatic carbocycles. The van der Waals surface area contributed by atoms with Crippen LogP contribution in [0.15, 0.2) is 88.3 Å². The van der Waals surface area contributed by atoms with Gasteiger partial charge in [-0.05, 0) is 19.1 Å². The molecule has 0 fully saturated rings. The minimum Gasteiger partial charge on any atom is -0.460 e. The van der Waals surface area contributed by atoms with Crippen LogP contribution < -0.4 is 5.32 Å². The fourth-order valence-electron chi connectivity index (χ4n) is 4.69.